The van der Waals surface area contributed by atoms with Crippen molar-refractivity contribution in [3.63, 3.8) is 0 Å². The van der Waals surface area contributed by atoms with Gasteiger partial charge in [0.2, 0.25) is 0 Å². The molecule has 10 nitrogen and oxygen atoms in total. The summed E-state index contributed by atoms with van der Waals surface area (Å²) in [6.07, 6.45) is 3.31. The minimum Gasteiger partial charge on any atom is -0.467 e. The van der Waals surface area contributed by atoms with Crippen LogP contribution in [0.5, 0.6) is 0 Å². The van der Waals surface area contributed by atoms with Crippen LogP contribution in [-0.4, -0.2) is 48.9 Å². The number of nitrogens with zero attached hydrogens (tertiary/aromatic N) is 3. The number of hydrogen-bond donors (Lipinski definition) is 1. The summed E-state index contributed by atoms with van der Waals surface area (Å²) in [5.41, 5.74) is 9.39. The summed E-state index contributed by atoms with van der Waals surface area (Å²) in [4.78, 5) is 39.9. The number of rotatable bonds is 10. The number of azide groups is 1. The molecule has 0 aliphatic heterocycles. The van der Waals surface area contributed by atoms with Crippen molar-refractivity contribution in [2.24, 2.45) is 5.11 Å². The SMILES string of the molecule is COC(=O)[C@H](CCC[C@@H](N=[N+]=[N-])C(=O)O[C@H]1CCCC[C@@H]1c1ccccc1)NC(=O)OC(C)(C)C. The first-order valence-electron chi connectivity index (χ1n) is 12.0. The van der Waals surface area contributed by atoms with E-state index in [-0.39, 0.29) is 24.9 Å². The van der Waals surface area contributed by atoms with Crippen molar-refractivity contribution >= 4 is 18.0 Å². The lowest BCUT2D eigenvalue weighted by atomic mass is 9.81. The second-order valence-corrected chi connectivity index (χ2v) is 9.65. The maximum atomic E-state index is 12.9. The van der Waals surface area contributed by atoms with Crippen LogP contribution >= 0.6 is 0 Å². The van der Waals surface area contributed by atoms with Crippen LogP contribution in [0.2, 0.25) is 0 Å². The number of alkyl carbamates (subject to hydrolysis) is 1. The molecule has 1 aliphatic rings. The summed E-state index contributed by atoms with van der Waals surface area (Å²) in [6, 6.07) is 7.96. The fourth-order valence-electron chi connectivity index (χ4n) is 4.19. The third kappa shape index (κ3) is 9.48. The zero-order valence-electron chi connectivity index (χ0n) is 20.9. The Labute approximate surface area is 206 Å². The van der Waals surface area contributed by atoms with E-state index in [4.69, 9.17) is 19.7 Å². The van der Waals surface area contributed by atoms with Crippen molar-refractivity contribution < 1.29 is 28.6 Å². The Bertz CT molecular complexity index is 895. The molecule has 0 radical (unpaired) electrons. The second-order valence-electron chi connectivity index (χ2n) is 9.65. The lowest BCUT2D eigenvalue weighted by Gasteiger charge is -2.32. The van der Waals surface area contributed by atoms with Gasteiger partial charge in [-0.25, -0.2) is 9.59 Å². The lowest BCUT2D eigenvalue weighted by Crippen LogP contribution is -2.44. The molecule has 0 spiro atoms. The van der Waals surface area contributed by atoms with Crippen molar-refractivity contribution in [2.45, 2.75) is 95.4 Å². The first kappa shape index (κ1) is 28.0. The third-order valence-corrected chi connectivity index (χ3v) is 5.81. The van der Waals surface area contributed by atoms with Crippen LogP contribution in [0, 0.1) is 0 Å². The van der Waals surface area contributed by atoms with Gasteiger partial charge in [-0.1, -0.05) is 41.9 Å². The van der Waals surface area contributed by atoms with Gasteiger partial charge in [0.05, 0.1) is 7.11 Å². The van der Waals surface area contributed by atoms with Crippen LogP contribution in [0.3, 0.4) is 0 Å². The largest absolute Gasteiger partial charge is 0.467 e. The summed E-state index contributed by atoms with van der Waals surface area (Å²) in [5, 5.41) is 6.13. The molecule has 1 saturated carbocycles. The van der Waals surface area contributed by atoms with Gasteiger partial charge in [0.25, 0.3) is 0 Å². The maximum absolute atomic E-state index is 12.9. The molecule has 1 aromatic carbocycles. The van der Waals surface area contributed by atoms with Gasteiger partial charge < -0.3 is 19.5 Å². The van der Waals surface area contributed by atoms with Gasteiger partial charge >= 0.3 is 18.0 Å². The molecule has 2 rings (SSSR count). The number of carbonyl (C=O) groups is 3. The number of esters is 2. The van der Waals surface area contributed by atoms with Gasteiger partial charge in [0.1, 0.15) is 23.8 Å². The van der Waals surface area contributed by atoms with Gasteiger partial charge in [-0.2, -0.15) is 0 Å². The molecular formula is C25H36N4O6. The van der Waals surface area contributed by atoms with Crippen molar-refractivity contribution in [1.82, 2.24) is 5.32 Å². The summed E-state index contributed by atoms with van der Waals surface area (Å²) in [7, 11) is 1.22. The number of methoxy groups -OCH3 is 1. The van der Waals surface area contributed by atoms with E-state index in [2.05, 4.69) is 15.3 Å². The monoisotopic (exact) mass is 488 g/mol. The van der Waals surface area contributed by atoms with E-state index in [0.717, 1.165) is 31.2 Å². The molecule has 1 aliphatic carbocycles. The molecule has 0 heterocycles. The van der Waals surface area contributed by atoms with E-state index in [1.807, 2.05) is 30.3 Å². The predicted octanol–water partition coefficient (Wildman–Crippen LogP) is 5.17. The number of hydrogen-bond acceptors (Lipinski definition) is 7. The average Bonchev–Trinajstić information content (AvgIpc) is 2.82. The Kier molecular flexibility index (Phi) is 10.9. The van der Waals surface area contributed by atoms with E-state index in [9.17, 15) is 14.4 Å². The Morgan fingerprint density at radius 2 is 1.80 bits per heavy atom. The number of carbonyl (C=O) groups excluding carboxylic acids is 3. The summed E-state index contributed by atoms with van der Waals surface area (Å²) in [6.45, 7) is 5.14. The molecule has 192 valence electrons. The second kappa shape index (κ2) is 13.6. The highest BCUT2D eigenvalue weighted by atomic mass is 16.6. The minimum atomic E-state index is -1.03. The van der Waals surface area contributed by atoms with Crippen molar-refractivity contribution in [2.75, 3.05) is 7.11 Å². The van der Waals surface area contributed by atoms with E-state index in [1.54, 1.807) is 20.8 Å². The molecule has 0 aromatic heterocycles. The third-order valence-electron chi connectivity index (χ3n) is 5.81. The Morgan fingerprint density at radius 3 is 2.43 bits per heavy atom. The fourth-order valence-corrected chi connectivity index (χ4v) is 4.19. The Balaban J connectivity index is 1.98. The lowest BCUT2D eigenvalue weighted by molar-refractivity contribution is -0.153. The van der Waals surface area contributed by atoms with Crippen molar-refractivity contribution in [3.8, 4) is 0 Å². The van der Waals surface area contributed by atoms with Crippen molar-refractivity contribution in [1.29, 1.82) is 0 Å². The molecule has 10 heteroatoms. The molecule has 1 fully saturated rings. The topological polar surface area (TPSA) is 140 Å². The minimum absolute atomic E-state index is 0.0994. The standard InChI is InChI=1S/C25H36N4O6/c1-25(2,3)35-24(32)27-19(22(30)33-4)14-10-15-20(28-29-26)23(31)34-21-16-9-8-13-18(21)17-11-6-5-7-12-17/h5-7,11-12,18-21H,8-10,13-16H2,1-4H3,(H,27,32)/t18-,19+,20-,21+/m1/s1. The number of nitrogens with one attached hydrogen (secondary N) is 1. The van der Waals surface area contributed by atoms with Crippen LogP contribution in [0.1, 0.15) is 77.2 Å². The predicted molar refractivity (Wildman–Crippen MR) is 129 cm³/mol. The van der Waals surface area contributed by atoms with E-state index in [0.29, 0.717) is 6.42 Å². The molecule has 0 saturated heterocycles. The molecule has 1 amide bonds. The van der Waals surface area contributed by atoms with E-state index < -0.39 is 35.7 Å². The van der Waals surface area contributed by atoms with Crippen LogP contribution in [0.4, 0.5) is 4.79 Å². The zero-order valence-corrected chi connectivity index (χ0v) is 20.9. The molecule has 4 atom stereocenters. The smallest absolute Gasteiger partial charge is 0.408 e. The highest BCUT2D eigenvalue weighted by Crippen LogP contribution is 2.35. The van der Waals surface area contributed by atoms with Crippen LogP contribution in [-0.2, 0) is 23.8 Å². The zero-order chi connectivity index (χ0) is 25.8. The summed E-state index contributed by atoms with van der Waals surface area (Å²) >= 11 is 0. The summed E-state index contributed by atoms with van der Waals surface area (Å²) < 4.78 is 15.8. The quantitative estimate of drug-likeness (QED) is 0.158. The van der Waals surface area contributed by atoms with Crippen LogP contribution < -0.4 is 5.32 Å². The van der Waals surface area contributed by atoms with Gasteiger partial charge in [-0.05, 0) is 70.4 Å². The van der Waals surface area contributed by atoms with E-state index >= 15 is 0 Å². The van der Waals surface area contributed by atoms with Crippen molar-refractivity contribution in [3.05, 3.63) is 46.3 Å². The summed E-state index contributed by atoms with van der Waals surface area (Å²) in [5.74, 6) is -1.11. The molecule has 1 aromatic rings. The molecule has 0 unspecified atom stereocenters. The van der Waals surface area contributed by atoms with Gasteiger partial charge in [0, 0.05) is 10.8 Å². The number of amides is 1. The fraction of sp³-hybridized carbons (Fsp3) is 0.640. The molecule has 1 N–H and O–H groups in total. The normalized spacial score (nSPS) is 19.4. The Hall–Kier alpha value is -3.26. The molecule has 0 bridgehead atoms. The highest BCUT2D eigenvalue weighted by Gasteiger charge is 2.32. The first-order chi connectivity index (χ1) is 16.6. The first-order valence-corrected chi connectivity index (χ1v) is 12.0. The highest BCUT2D eigenvalue weighted by molar-refractivity contribution is 5.81. The van der Waals surface area contributed by atoms with Gasteiger partial charge in [-0.3, -0.25) is 4.79 Å². The van der Waals surface area contributed by atoms with Crippen LogP contribution in [0.15, 0.2) is 35.4 Å². The van der Waals surface area contributed by atoms with Gasteiger partial charge in [0.15, 0.2) is 0 Å². The molecular weight excluding hydrogens is 452 g/mol. The average molecular weight is 489 g/mol. The van der Waals surface area contributed by atoms with Gasteiger partial charge in [-0.15, -0.1) is 0 Å². The number of benzene rings is 1. The van der Waals surface area contributed by atoms with Crippen LogP contribution in [0.25, 0.3) is 10.4 Å². The maximum Gasteiger partial charge on any atom is 0.408 e. The number of ether oxygens (including phenoxy) is 3. The Morgan fingerprint density at radius 1 is 1.11 bits per heavy atom. The molecule has 35 heavy (non-hydrogen) atoms. The van der Waals surface area contributed by atoms with E-state index in [1.165, 1.54) is 7.11 Å².